The van der Waals surface area contributed by atoms with Gasteiger partial charge in [-0.3, -0.25) is 0 Å². The molecule has 0 bridgehead atoms. The molecular formula is C17H17NOS. The molecule has 0 aliphatic rings. The highest BCUT2D eigenvalue weighted by molar-refractivity contribution is 7.19. The molecule has 1 unspecified atom stereocenters. The number of hydrogen-bond donors (Lipinski definition) is 2. The third-order valence-electron chi connectivity index (χ3n) is 3.39. The average Bonchev–Trinajstić information content (AvgIpc) is 2.92. The average molecular weight is 283 g/mol. The Kier molecular flexibility index (Phi) is 3.72. The van der Waals surface area contributed by atoms with Gasteiger partial charge in [0.1, 0.15) is 0 Å². The number of hydrogen-bond acceptors (Lipinski definition) is 3. The molecule has 1 heterocycles. The highest BCUT2D eigenvalue weighted by Crippen LogP contribution is 2.31. The molecule has 0 saturated carbocycles. The molecule has 3 rings (SSSR count). The van der Waals surface area contributed by atoms with E-state index in [4.69, 9.17) is 5.11 Å². The van der Waals surface area contributed by atoms with Gasteiger partial charge in [0, 0.05) is 15.3 Å². The van der Waals surface area contributed by atoms with Crippen LogP contribution < -0.4 is 5.32 Å². The molecule has 0 saturated heterocycles. The molecular weight excluding hydrogens is 266 g/mol. The number of fused-ring (bicyclic) bond motifs is 1. The van der Waals surface area contributed by atoms with Crippen molar-refractivity contribution >= 4 is 27.1 Å². The number of aliphatic hydroxyl groups is 1. The molecule has 2 aromatic carbocycles. The van der Waals surface area contributed by atoms with E-state index in [9.17, 15) is 0 Å². The minimum Gasteiger partial charge on any atom is -0.392 e. The molecule has 2 N–H and O–H groups in total. The van der Waals surface area contributed by atoms with E-state index >= 15 is 0 Å². The Balaban J connectivity index is 1.79. The van der Waals surface area contributed by atoms with Crippen molar-refractivity contribution in [2.75, 3.05) is 5.32 Å². The summed E-state index contributed by atoms with van der Waals surface area (Å²) in [5.41, 5.74) is 2.01. The van der Waals surface area contributed by atoms with E-state index in [1.165, 1.54) is 15.0 Å². The van der Waals surface area contributed by atoms with Gasteiger partial charge in [-0.15, -0.1) is 11.3 Å². The van der Waals surface area contributed by atoms with E-state index in [2.05, 4.69) is 42.6 Å². The van der Waals surface area contributed by atoms with Gasteiger partial charge in [-0.25, -0.2) is 0 Å². The number of anilines is 1. The highest BCUT2D eigenvalue weighted by atomic mass is 32.1. The molecule has 0 amide bonds. The third-order valence-corrected chi connectivity index (χ3v) is 4.69. The van der Waals surface area contributed by atoms with Crippen LogP contribution in [0.2, 0.25) is 0 Å². The smallest absolute Gasteiger partial charge is 0.0681 e. The normalized spacial score (nSPS) is 12.5. The van der Waals surface area contributed by atoms with Crippen molar-refractivity contribution in [3.8, 4) is 0 Å². The molecule has 1 atom stereocenters. The lowest BCUT2D eigenvalue weighted by Crippen LogP contribution is -2.04. The van der Waals surface area contributed by atoms with E-state index in [0.29, 0.717) is 0 Å². The second-order valence-electron chi connectivity index (χ2n) is 4.91. The molecule has 0 fully saturated rings. The van der Waals surface area contributed by atoms with Crippen LogP contribution in [-0.2, 0) is 6.61 Å². The number of benzene rings is 2. The second kappa shape index (κ2) is 5.65. The zero-order valence-corrected chi connectivity index (χ0v) is 12.2. The lowest BCUT2D eigenvalue weighted by molar-refractivity contribution is 0.282. The molecule has 3 heteroatoms. The Bertz CT molecular complexity index is 669. The maximum atomic E-state index is 9.05. The van der Waals surface area contributed by atoms with Crippen LogP contribution in [0.4, 0.5) is 5.69 Å². The minimum absolute atomic E-state index is 0.0894. The summed E-state index contributed by atoms with van der Waals surface area (Å²) in [6.07, 6.45) is 0. The van der Waals surface area contributed by atoms with Gasteiger partial charge in [0.25, 0.3) is 0 Å². The molecule has 20 heavy (non-hydrogen) atoms. The quantitative estimate of drug-likeness (QED) is 0.735. The zero-order valence-electron chi connectivity index (χ0n) is 11.3. The van der Waals surface area contributed by atoms with Gasteiger partial charge in [0.2, 0.25) is 0 Å². The van der Waals surface area contributed by atoms with Crippen LogP contribution in [0.15, 0.2) is 54.6 Å². The second-order valence-corrected chi connectivity index (χ2v) is 6.02. The first-order valence-corrected chi connectivity index (χ1v) is 7.53. The van der Waals surface area contributed by atoms with Crippen LogP contribution in [0.25, 0.3) is 10.1 Å². The minimum atomic E-state index is 0.0894. The molecule has 0 spiro atoms. The van der Waals surface area contributed by atoms with E-state index in [0.717, 1.165) is 11.3 Å². The van der Waals surface area contributed by atoms with Crippen LogP contribution >= 0.6 is 11.3 Å². The zero-order chi connectivity index (χ0) is 13.9. The summed E-state index contributed by atoms with van der Waals surface area (Å²) in [6, 6.07) is 18.9. The molecule has 102 valence electrons. The predicted octanol–water partition coefficient (Wildman–Crippen LogP) is 4.57. The van der Waals surface area contributed by atoms with Gasteiger partial charge in [-0.1, -0.05) is 30.3 Å². The van der Waals surface area contributed by atoms with Gasteiger partial charge < -0.3 is 10.4 Å². The number of rotatable bonds is 4. The Morgan fingerprint density at radius 2 is 1.85 bits per heavy atom. The monoisotopic (exact) mass is 283 g/mol. The number of aliphatic hydroxyl groups excluding tert-OH is 1. The van der Waals surface area contributed by atoms with Crippen LogP contribution in [-0.4, -0.2) is 5.11 Å². The topological polar surface area (TPSA) is 32.3 Å². The fourth-order valence-electron chi connectivity index (χ4n) is 2.24. The van der Waals surface area contributed by atoms with E-state index in [1.54, 1.807) is 0 Å². The van der Waals surface area contributed by atoms with Gasteiger partial charge in [-0.05, 0) is 42.1 Å². The largest absolute Gasteiger partial charge is 0.392 e. The number of thiophene rings is 1. The standard InChI is InChI=1S/C17H17NOS/c1-12(18-15-8-6-13(11-19)7-9-15)17-10-14-4-2-3-5-16(14)20-17/h2-10,12,18-19H,11H2,1H3. The Hall–Kier alpha value is -1.84. The lowest BCUT2D eigenvalue weighted by atomic mass is 10.2. The van der Waals surface area contributed by atoms with Gasteiger partial charge in [-0.2, -0.15) is 0 Å². The lowest BCUT2D eigenvalue weighted by Gasteiger charge is -2.13. The van der Waals surface area contributed by atoms with Gasteiger partial charge in [0.05, 0.1) is 12.6 Å². The Morgan fingerprint density at radius 3 is 2.55 bits per heavy atom. The first-order chi connectivity index (χ1) is 9.76. The summed E-state index contributed by atoms with van der Waals surface area (Å²) in [4.78, 5) is 1.33. The summed E-state index contributed by atoms with van der Waals surface area (Å²) < 4.78 is 1.33. The Labute approximate surface area is 122 Å². The van der Waals surface area contributed by atoms with Crippen molar-refractivity contribution < 1.29 is 5.11 Å². The van der Waals surface area contributed by atoms with Crippen LogP contribution in [0, 0.1) is 0 Å². The van der Waals surface area contributed by atoms with Crippen LogP contribution in [0.1, 0.15) is 23.4 Å². The van der Waals surface area contributed by atoms with Crippen LogP contribution in [0.3, 0.4) is 0 Å². The fraction of sp³-hybridized carbons (Fsp3) is 0.176. The number of nitrogens with one attached hydrogen (secondary N) is 1. The maximum absolute atomic E-state index is 9.05. The summed E-state index contributed by atoms with van der Waals surface area (Å²) in [5, 5.41) is 13.9. The summed E-state index contributed by atoms with van der Waals surface area (Å²) in [5.74, 6) is 0. The maximum Gasteiger partial charge on any atom is 0.0681 e. The summed E-state index contributed by atoms with van der Waals surface area (Å²) in [6.45, 7) is 2.26. The summed E-state index contributed by atoms with van der Waals surface area (Å²) >= 11 is 1.83. The highest BCUT2D eigenvalue weighted by Gasteiger charge is 2.09. The molecule has 0 radical (unpaired) electrons. The van der Waals surface area contributed by atoms with Gasteiger partial charge >= 0.3 is 0 Å². The van der Waals surface area contributed by atoms with Crippen molar-refractivity contribution in [3.05, 3.63) is 65.0 Å². The first-order valence-electron chi connectivity index (χ1n) is 6.71. The molecule has 0 aliphatic heterocycles. The van der Waals surface area contributed by atoms with Crippen molar-refractivity contribution in [2.24, 2.45) is 0 Å². The Morgan fingerprint density at radius 1 is 1.10 bits per heavy atom. The van der Waals surface area contributed by atoms with E-state index < -0.39 is 0 Å². The van der Waals surface area contributed by atoms with Crippen molar-refractivity contribution in [3.63, 3.8) is 0 Å². The van der Waals surface area contributed by atoms with Crippen molar-refractivity contribution in [1.29, 1.82) is 0 Å². The SMILES string of the molecule is CC(Nc1ccc(CO)cc1)c1cc2ccccc2s1. The first kappa shape index (κ1) is 13.2. The van der Waals surface area contributed by atoms with E-state index in [-0.39, 0.29) is 12.6 Å². The van der Waals surface area contributed by atoms with E-state index in [1.807, 2.05) is 35.6 Å². The molecule has 2 nitrogen and oxygen atoms in total. The third kappa shape index (κ3) is 2.69. The van der Waals surface area contributed by atoms with Crippen molar-refractivity contribution in [2.45, 2.75) is 19.6 Å². The molecule has 0 aliphatic carbocycles. The summed E-state index contributed by atoms with van der Waals surface area (Å²) in [7, 11) is 0. The van der Waals surface area contributed by atoms with Gasteiger partial charge in [0.15, 0.2) is 0 Å². The fourth-order valence-corrected chi connectivity index (χ4v) is 3.31. The predicted molar refractivity (Wildman–Crippen MR) is 86.2 cm³/mol. The van der Waals surface area contributed by atoms with Crippen molar-refractivity contribution in [1.82, 2.24) is 0 Å². The molecule has 1 aromatic heterocycles. The van der Waals surface area contributed by atoms with Crippen LogP contribution in [0.5, 0.6) is 0 Å². The molecule has 3 aromatic rings.